The highest BCUT2D eigenvalue weighted by molar-refractivity contribution is 14.1. The van der Waals surface area contributed by atoms with E-state index in [-0.39, 0.29) is 5.91 Å². The Kier molecular flexibility index (Phi) is 6.84. The van der Waals surface area contributed by atoms with E-state index in [1.807, 2.05) is 30.3 Å². The van der Waals surface area contributed by atoms with Gasteiger partial charge in [-0.15, -0.1) is 0 Å². The molecule has 2 aromatic carbocycles. The number of hydrogen-bond donors (Lipinski definition) is 2. The fourth-order valence-electron chi connectivity index (χ4n) is 3.92. The van der Waals surface area contributed by atoms with Crippen molar-refractivity contribution in [1.82, 2.24) is 9.88 Å². The number of halogens is 2. The molecule has 1 atom stereocenters. The molecule has 1 aliphatic heterocycles. The number of benzene rings is 2. The summed E-state index contributed by atoms with van der Waals surface area (Å²) in [6.45, 7) is 6.64. The number of aromatic nitrogens is 1. The number of nitrogens with one attached hydrogen (secondary N) is 2. The summed E-state index contributed by atoms with van der Waals surface area (Å²) in [6, 6.07) is 12.6. The quantitative estimate of drug-likeness (QED) is 0.318. The first-order valence-corrected chi connectivity index (χ1v) is 12.4. The van der Waals surface area contributed by atoms with Crippen LogP contribution in [0.5, 0.6) is 0 Å². The van der Waals surface area contributed by atoms with E-state index < -0.39 is 0 Å². The summed E-state index contributed by atoms with van der Waals surface area (Å²) in [5.74, 6) is -0.0756. The molecule has 156 valence electrons. The van der Waals surface area contributed by atoms with Crippen molar-refractivity contribution in [3.8, 4) is 0 Å². The second kappa shape index (κ2) is 9.40. The molecule has 3 aromatic rings. The number of rotatable bonds is 5. The maximum atomic E-state index is 12.8. The molecule has 0 saturated carbocycles. The van der Waals surface area contributed by atoms with E-state index >= 15 is 0 Å². The van der Waals surface area contributed by atoms with Gasteiger partial charge in [-0.05, 0) is 107 Å². The lowest BCUT2D eigenvalue weighted by Crippen LogP contribution is -2.35. The normalized spacial score (nSPS) is 15.8. The molecule has 2 heterocycles. The summed E-state index contributed by atoms with van der Waals surface area (Å²) >= 11 is 4.48. The molecule has 4 nitrogen and oxygen atoms in total. The van der Waals surface area contributed by atoms with Crippen LogP contribution in [0, 0.1) is 7.14 Å². The number of H-pyrrole nitrogens is 1. The van der Waals surface area contributed by atoms with Crippen LogP contribution >= 0.6 is 45.2 Å². The molecule has 0 bridgehead atoms. The van der Waals surface area contributed by atoms with Gasteiger partial charge in [-0.1, -0.05) is 13.0 Å². The van der Waals surface area contributed by atoms with Crippen LogP contribution in [0.15, 0.2) is 48.7 Å². The average molecular weight is 625 g/mol. The predicted octanol–water partition coefficient (Wildman–Crippen LogP) is 6.52. The second-order valence-electron chi connectivity index (χ2n) is 7.77. The number of hydrogen-bond acceptors (Lipinski definition) is 2. The van der Waals surface area contributed by atoms with Gasteiger partial charge in [0, 0.05) is 54.6 Å². The summed E-state index contributed by atoms with van der Waals surface area (Å²) in [5.41, 5.74) is 5.24. The summed E-state index contributed by atoms with van der Waals surface area (Å²) in [7, 11) is 0. The van der Waals surface area contributed by atoms with E-state index in [9.17, 15) is 4.79 Å². The lowest BCUT2D eigenvalue weighted by atomic mass is 9.97. The van der Waals surface area contributed by atoms with Gasteiger partial charge < -0.3 is 10.3 Å². The van der Waals surface area contributed by atoms with Crippen LogP contribution in [-0.2, 0) is 0 Å². The molecule has 1 amide bonds. The molecule has 0 saturated heterocycles. The van der Waals surface area contributed by atoms with Gasteiger partial charge in [0.25, 0.3) is 5.91 Å². The van der Waals surface area contributed by atoms with Gasteiger partial charge in [0.1, 0.15) is 0 Å². The Balaban J connectivity index is 1.57. The Morgan fingerprint density at radius 2 is 2.07 bits per heavy atom. The van der Waals surface area contributed by atoms with Crippen molar-refractivity contribution in [3.05, 3.63) is 66.9 Å². The van der Waals surface area contributed by atoms with E-state index in [4.69, 9.17) is 0 Å². The first-order chi connectivity index (χ1) is 14.5. The van der Waals surface area contributed by atoms with Crippen molar-refractivity contribution in [2.45, 2.75) is 32.7 Å². The fraction of sp³-hybridized carbons (Fsp3) is 0.292. The van der Waals surface area contributed by atoms with Crippen molar-refractivity contribution in [1.29, 1.82) is 0 Å². The zero-order chi connectivity index (χ0) is 21.3. The minimum atomic E-state index is -0.0756. The number of carbonyl (C=O) groups is 1. The van der Waals surface area contributed by atoms with Gasteiger partial charge in [0.15, 0.2) is 0 Å². The smallest absolute Gasteiger partial charge is 0.256 e. The van der Waals surface area contributed by atoms with Gasteiger partial charge in [0.2, 0.25) is 0 Å². The molecule has 0 fully saturated rings. The Bertz CT molecular complexity index is 1120. The van der Waals surface area contributed by atoms with E-state index in [0.717, 1.165) is 43.2 Å². The average Bonchev–Trinajstić information content (AvgIpc) is 3.16. The van der Waals surface area contributed by atoms with Crippen molar-refractivity contribution in [2.24, 2.45) is 0 Å². The minimum Gasteiger partial charge on any atom is -0.361 e. The topological polar surface area (TPSA) is 48.1 Å². The lowest BCUT2D eigenvalue weighted by Gasteiger charge is -2.31. The molecule has 0 radical (unpaired) electrons. The largest absolute Gasteiger partial charge is 0.361 e. The summed E-state index contributed by atoms with van der Waals surface area (Å²) in [5, 5.41) is 4.23. The molecule has 4 rings (SSSR count). The third-order valence-corrected chi connectivity index (χ3v) is 7.48. The Morgan fingerprint density at radius 1 is 1.23 bits per heavy atom. The van der Waals surface area contributed by atoms with Crippen LogP contribution in [0.2, 0.25) is 0 Å². The van der Waals surface area contributed by atoms with E-state index in [2.05, 4.69) is 92.6 Å². The monoisotopic (exact) mass is 625 g/mol. The molecule has 0 spiro atoms. The van der Waals surface area contributed by atoms with Crippen molar-refractivity contribution >= 4 is 73.3 Å². The standard InChI is InChI=1S/C24H25I2N3O/c1-3-15(2)29-10-8-16(9-11-29)21-14-27-23-7-5-18(13-20(21)23)28-24(30)19-6-4-17(25)12-22(19)26/h4-8,12-15,27H,3,9-11H2,1-2H3,(H,28,30). The molecule has 1 aliphatic rings. The van der Waals surface area contributed by atoms with Crippen LogP contribution < -0.4 is 5.32 Å². The van der Waals surface area contributed by atoms with Gasteiger partial charge in [-0.25, -0.2) is 0 Å². The first-order valence-electron chi connectivity index (χ1n) is 10.3. The van der Waals surface area contributed by atoms with Crippen LogP contribution in [-0.4, -0.2) is 34.9 Å². The Morgan fingerprint density at radius 3 is 2.77 bits per heavy atom. The summed E-state index contributed by atoms with van der Waals surface area (Å²) < 4.78 is 2.08. The van der Waals surface area contributed by atoms with Crippen molar-refractivity contribution in [3.63, 3.8) is 0 Å². The van der Waals surface area contributed by atoms with E-state index in [0.29, 0.717) is 11.6 Å². The highest BCUT2D eigenvalue weighted by atomic mass is 127. The maximum Gasteiger partial charge on any atom is 0.256 e. The van der Waals surface area contributed by atoms with Crippen LogP contribution in [0.1, 0.15) is 42.6 Å². The first kappa shape index (κ1) is 21.8. The number of aromatic amines is 1. The Hall–Kier alpha value is -1.39. The molecule has 0 aliphatic carbocycles. The van der Waals surface area contributed by atoms with Crippen molar-refractivity contribution < 1.29 is 4.79 Å². The highest BCUT2D eigenvalue weighted by Gasteiger charge is 2.19. The van der Waals surface area contributed by atoms with Gasteiger partial charge in [-0.2, -0.15) is 0 Å². The van der Waals surface area contributed by atoms with Gasteiger partial charge >= 0.3 is 0 Å². The molecule has 30 heavy (non-hydrogen) atoms. The SMILES string of the molecule is CCC(C)N1CC=C(c2c[nH]c3ccc(NC(=O)c4ccc(I)cc4I)cc23)CC1. The van der Waals surface area contributed by atoms with E-state index in [1.165, 1.54) is 17.6 Å². The summed E-state index contributed by atoms with van der Waals surface area (Å²) in [6.07, 6.45) is 6.69. The van der Waals surface area contributed by atoms with Gasteiger partial charge in [-0.3, -0.25) is 9.69 Å². The fourth-order valence-corrected chi connectivity index (χ4v) is 5.77. The Labute approximate surface area is 204 Å². The van der Waals surface area contributed by atoms with Crippen molar-refractivity contribution in [2.75, 3.05) is 18.4 Å². The molecule has 1 aromatic heterocycles. The van der Waals surface area contributed by atoms with Crippen LogP contribution in [0.4, 0.5) is 5.69 Å². The molecule has 2 N–H and O–H groups in total. The summed E-state index contributed by atoms with van der Waals surface area (Å²) in [4.78, 5) is 18.7. The highest BCUT2D eigenvalue weighted by Crippen LogP contribution is 2.31. The number of carbonyl (C=O) groups excluding carboxylic acids is 1. The number of amides is 1. The number of anilines is 1. The third-order valence-electron chi connectivity index (χ3n) is 5.92. The number of fused-ring (bicyclic) bond motifs is 1. The predicted molar refractivity (Wildman–Crippen MR) is 142 cm³/mol. The maximum absolute atomic E-state index is 12.8. The molecular formula is C24H25I2N3O. The van der Waals surface area contributed by atoms with Crippen LogP contribution in [0.25, 0.3) is 16.5 Å². The van der Waals surface area contributed by atoms with Gasteiger partial charge in [0.05, 0.1) is 5.56 Å². The molecule has 1 unspecified atom stereocenters. The number of nitrogens with zero attached hydrogens (tertiary/aromatic N) is 1. The molecule has 6 heteroatoms. The van der Waals surface area contributed by atoms with Crippen LogP contribution in [0.3, 0.4) is 0 Å². The molecular weight excluding hydrogens is 600 g/mol. The second-order valence-corrected chi connectivity index (χ2v) is 10.2. The lowest BCUT2D eigenvalue weighted by molar-refractivity contribution is 0.102. The third kappa shape index (κ3) is 4.60. The van der Waals surface area contributed by atoms with E-state index in [1.54, 1.807) is 0 Å². The zero-order valence-corrected chi connectivity index (χ0v) is 21.5. The zero-order valence-electron chi connectivity index (χ0n) is 17.1. The minimum absolute atomic E-state index is 0.0756.